The number of carbonyl (C=O) groups excluding carboxylic acids is 1. The zero-order chi connectivity index (χ0) is 12.4. The summed E-state index contributed by atoms with van der Waals surface area (Å²) in [5.74, 6) is 0.297. The fourth-order valence-corrected chi connectivity index (χ4v) is 2.91. The third-order valence-corrected chi connectivity index (χ3v) is 3.95. The van der Waals surface area contributed by atoms with E-state index in [9.17, 15) is 4.79 Å². The molecular formula is C15H19NO2. The van der Waals surface area contributed by atoms with E-state index in [1.54, 1.807) is 0 Å². The quantitative estimate of drug-likeness (QED) is 0.880. The summed E-state index contributed by atoms with van der Waals surface area (Å²) in [6.07, 6.45) is 4.19. The molecule has 2 aliphatic rings. The van der Waals surface area contributed by atoms with Gasteiger partial charge in [-0.3, -0.25) is 4.79 Å². The number of rotatable bonds is 3. The number of carbonyl (C=O) groups is 1. The van der Waals surface area contributed by atoms with Crippen molar-refractivity contribution >= 4 is 5.91 Å². The van der Waals surface area contributed by atoms with E-state index in [-0.39, 0.29) is 17.9 Å². The maximum absolute atomic E-state index is 12.1. The van der Waals surface area contributed by atoms with E-state index >= 15 is 0 Å². The van der Waals surface area contributed by atoms with Crippen LogP contribution in [0.3, 0.4) is 0 Å². The maximum Gasteiger partial charge on any atom is 0.223 e. The first-order chi connectivity index (χ1) is 8.83. The second-order valence-electron chi connectivity index (χ2n) is 5.25. The van der Waals surface area contributed by atoms with Gasteiger partial charge in [0.05, 0.1) is 6.10 Å². The summed E-state index contributed by atoms with van der Waals surface area (Å²) in [5.41, 5.74) is 2.66. The Labute approximate surface area is 108 Å². The van der Waals surface area contributed by atoms with Crippen LogP contribution in [0.25, 0.3) is 0 Å². The van der Waals surface area contributed by atoms with Crippen molar-refractivity contribution in [1.29, 1.82) is 0 Å². The summed E-state index contributed by atoms with van der Waals surface area (Å²) in [6, 6.07) is 8.35. The summed E-state index contributed by atoms with van der Waals surface area (Å²) < 4.78 is 5.51. The molecule has 1 aliphatic heterocycles. The van der Waals surface area contributed by atoms with Gasteiger partial charge in [0.25, 0.3) is 0 Å². The average molecular weight is 245 g/mol. The predicted molar refractivity (Wildman–Crippen MR) is 69.3 cm³/mol. The maximum atomic E-state index is 12.1. The van der Waals surface area contributed by atoms with Gasteiger partial charge in [-0.1, -0.05) is 24.3 Å². The zero-order valence-electron chi connectivity index (χ0n) is 10.5. The van der Waals surface area contributed by atoms with Crippen LogP contribution in [-0.2, 0) is 22.4 Å². The third kappa shape index (κ3) is 2.41. The fraction of sp³-hybridized carbons (Fsp3) is 0.533. The Hall–Kier alpha value is -1.35. The molecule has 3 nitrogen and oxygen atoms in total. The normalized spacial score (nSPS) is 23.0. The molecule has 1 amide bonds. The number of ether oxygens (including phenoxy) is 1. The van der Waals surface area contributed by atoms with Crippen molar-refractivity contribution in [2.75, 3.05) is 13.2 Å². The molecule has 3 heteroatoms. The van der Waals surface area contributed by atoms with Crippen LogP contribution in [0.2, 0.25) is 0 Å². The van der Waals surface area contributed by atoms with Crippen LogP contribution in [0.1, 0.15) is 24.0 Å². The Morgan fingerprint density at radius 2 is 2.00 bits per heavy atom. The highest BCUT2D eigenvalue weighted by Gasteiger charge is 2.27. The first kappa shape index (κ1) is 11.7. The summed E-state index contributed by atoms with van der Waals surface area (Å²) in [5, 5.41) is 3.04. The molecule has 18 heavy (non-hydrogen) atoms. The van der Waals surface area contributed by atoms with E-state index in [2.05, 4.69) is 17.4 Å². The van der Waals surface area contributed by atoms with E-state index in [0.717, 1.165) is 32.3 Å². The average Bonchev–Trinajstić information content (AvgIpc) is 3.04. The van der Waals surface area contributed by atoms with Gasteiger partial charge >= 0.3 is 0 Å². The lowest BCUT2D eigenvalue weighted by atomic mass is 10.1. The number of nitrogens with one attached hydrogen (secondary N) is 1. The first-order valence-corrected chi connectivity index (χ1v) is 6.79. The minimum Gasteiger partial charge on any atom is -0.376 e. The molecule has 96 valence electrons. The Morgan fingerprint density at radius 1 is 1.28 bits per heavy atom. The molecule has 1 aromatic carbocycles. The number of amides is 1. The molecule has 1 heterocycles. The second kappa shape index (κ2) is 5.11. The van der Waals surface area contributed by atoms with Crippen LogP contribution >= 0.6 is 0 Å². The highest BCUT2D eigenvalue weighted by Crippen LogP contribution is 2.26. The minimum absolute atomic E-state index is 0.115. The molecular weight excluding hydrogens is 226 g/mol. The summed E-state index contributed by atoms with van der Waals surface area (Å²) >= 11 is 0. The van der Waals surface area contributed by atoms with E-state index in [1.807, 2.05) is 12.1 Å². The fourth-order valence-electron chi connectivity index (χ4n) is 2.91. The zero-order valence-corrected chi connectivity index (χ0v) is 10.5. The van der Waals surface area contributed by atoms with Crippen molar-refractivity contribution in [2.24, 2.45) is 5.92 Å². The number of benzene rings is 1. The van der Waals surface area contributed by atoms with Gasteiger partial charge in [-0.05, 0) is 36.8 Å². The molecule has 0 saturated carbocycles. The van der Waals surface area contributed by atoms with Crippen LogP contribution in [0, 0.1) is 5.92 Å². The van der Waals surface area contributed by atoms with Gasteiger partial charge < -0.3 is 10.1 Å². The predicted octanol–water partition coefficient (Wildman–Crippen LogP) is 1.70. The van der Waals surface area contributed by atoms with Gasteiger partial charge in [0, 0.05) is 19.1 Å². The first-order valence-electron chi connectivity index (χ1n) is 6.79. The topological polar surface area (TPSA) is 38.3 Å². The van der Waals surface area contributed by atoms with Crippen LogP contribution in [-0.4, -0.2) is 25.2 Å². The van der Waals surface area contributed by atoms with Crippen LogP contribution in [0.4, 0.5) is 0 Å². The molecule has 0 bridgehead atoms. The van der Waals surface area contributed by atoms with Crippen molar-refractivity contribution < 1.29 is 9.53 Å². The standard InChI is InChI=1S/C15H19NO2/c17-15(16-10-14-6-3-7-18-14)13-8-11-4-1-2-5-12(11)9-13/h1-2,4-5,13-14H,3,6-10H2,(H,16,17)/t14-/m0/s1. The van der Waals surface area contributed by atoms with Crippen LogP contribution < -0.4 is 5.32 Å². The van der Waals surface area contributed by atoms with Crippen molar-refractivity contribution in [3.05, 3.63) is 35.4 Å². The smallest absolute Gasteiger partial charge is 0.223 e. The van der Waals surface area contributed by atoms with E-state index in [0.29, 0.717) is 6.54 Å². The van der Waals surface area contributed by atoms with Gasteiger partial charge in [0.1, 0.15) is 0 Å². The second-order valence-corrected chi connectivity index (χ2v) is 5.25. The van der Waals surface area contributed by atoms with E-state index < -0.39 is 0 Å². The highest BCUT2D eigenvalue weighted by molar-refractivity contribution is 5.80. The summed E-state index contributed by atoms with van der Waals surface area (Å²) in [6.45, 7) is 1.51. The molecule has 0 radical (unpaired) electrons. The summed E-state index contributed by atoms with van der Waals surface area (Å²) in [4.78, 5) is 12.1. The van der Waals surface area contributed by atoms with Gasteiger partial charge in [-0.15, -0.1) is 0 Å². The Bertz CT molecular complexity index is 413. The molecule has 1 N–H and O–H groups in total. The van der Waals surface area contributed by atoms with E-state index in [1.165, 1.54) is 11.1 Å². The molecule has 1 fully saturated rings. The molecule has 0 spiro atoms. The number of fused-ring (bicyclic) bond motifs is 1. The van der Waals surface area contributed by atoms with Crippen molar-refractivity contribution in [1.82, 2.24) is 5.32 Å². The molecule has 0 aromatic heterocycles. The molecule has 3 rings (SSSR count). The third-order valence-electron chi connectivity index (χ3n) is 3.95. The highest BCUT2D eigenvalue weighted by atomic mass is 16.5. The Morgan fingerprint density at radius 3 is 2.61 bits per heavy atom. The van der Waals surface area contributed by atoms with Gasteiger partial charge in [-0.25, -0.2) is 0 Å². The van der Waals surface area contributed by atoms with Gasteiger partial charge in [0.15, 0.2) is 0 Å². The molecule has 1 aliphatic carbocycles. The van der Waals surface area contributed by atoms with Crippen LogP contribution in [0.5, 0.6) is 0 Å². The molecule has 1 atom stereocenters. The lowest BCUT2D eigenvalue weighted by Crippen LogP contribution is -2.36. The van der Waals surface area contributed by atoms with E-state index in [4.69, 9.17) is 4.74 Å². The van der Waals surface area contributed by atoms with Gasteiger partial charge in [-0.2, -0.15) is 0 Å². The number of hydrogen-bond donors (Lipinski definition) is 1. The Balaban J connectivity index is 1.52. The molecule has 0 unspecified atom stereocenters. The number of hydrogen-bond acceptors (Lipinski definition) is 2. The minimum atomic E-state index is 0.115. The molecule has 1 aromatic rings. The Kier molecular flexibility index (Phi) is 3.33. The molecule has 1 saturated heterocycles. The SMILES string of the molecule is O=C(NC[C@@H]1CCCO1)C1Cc2ccccc2C1. The van der Waals surface area contributed by atoms with Gasteiger partial charge in [0.2, 0.25) is 5.91 Å². The lowest BCUT2D eigenvalue weighted by Gasteiger charge is -2.13. The summed E-state index contributed by atoms with van der Waals surface area (Å²) in [7, 11) is 0. The van der Waals surface area contributed by atoms with Crippen molar-refractivity contribution in [2.45, 2.75) is 31.8 Å². The van der Waals surface area contributed by atoms with Crippen molar-refractivity contribution in [3.63, 3.8) is 0 Å². The largest absolute Gasteiger partial charge is 0.376 e. The monoisotopic (exact) mass is 245 g/mol. The van der Waals surface area contributed by atoms with Crippen molar-refractivity contribution in [3.8, 4) is 0 Å². The lowest BCUT2D eigenvalue weighted by molar-refractivity contribution is -0.125. The van der Waals surface area contributed by atoms with Crippen LogP contribution in [0.15, 0.2) is 24.3 Å².